The number of aliphatic hydroxyl groups excluding tert-OH is 1. The van der Waals surface area contributed by atoms with Gasteiger partial charge in [-0.15, -0.1) is 0 Å². The second-order valence-corrected chi connectivity index (χ2v) is 10.3. The number of rotatable bonds is 12. The summed E-state index contributed by atoms with van der Waals surface area (Å²) >= 11 is 0. The number of aliphatic hydroxyl groups is 1. The van der Waals surface area contributed by atoms with Gasteiger partial charge in [0.2, 0.25) is 10.0 Å². The van der Waals surface area contributed by atoms with Gasteiger partial charge in [-0.1, -0.05) is 30.7 Å². The minimum atomic E-state index is -3.30. The number of benzene rings is 2. The van der Waals surface area contributed by atoms with Gasteiger partial charge in [-0.25, -0.2) is 21.9 Å². The fourth-order valence-electron chi connectivity index (χ4n) is 4.23. The molecule has 2 aromatic carbocycles. The number of nitrogens with one attached hydrogen (secondary N) is 1. The third kappa shape index (κ3) is 8.12. The fourth-order valence-corrected chi connectivity index (χ4v) is 5.36. The van der Waals surface area contributed by atoms with Gasteiger partial charge >= 0.3 is 0 Å². The molecule has 1 fully saturated rings. The minimum Gasteiger partial charge on any atom is -0.395 e. The fraction of sp³-hybridized carbons (Fsp3) is 0.500. The van der Waals surface area contributed by atoms with Crippen LogP contribution in [0.5, 0.6) is 0 Å². The summed E-state index contributed by atoms with van der Waals surface area (Å²) in [5.41, 5.74) is 1.96. The lowest BCUT2D eigenvalue weighted by Gasteiger charge is -2.40. The third-order valence-corrected chi connectivity index (χ3v) is 7.43. The van der Waals surface area contributed by atoms with Gasteiger partial charge in [0.1, 0.15) is 11.6 Å². The summed E-state index contributed by atoms with van der Waals surface area (Å²) in [6.07, 6.45) is 2.35. The van der Waals surface area contributed by atoms with Gasteiger partial charge in [-0.05, 0) is 54.8 Å². The van der Waals surface area contributed by atoms with Gasteiger partial charge < -0.3 is 10.0 Å². The van der Waals surface area contributed by atoms with Crippen LogP contribution >= 0.6 is 0 Å². The van der Waals surface area contributed by atoms with Gasteiger partial charge in [0.15, 0.2) is 0 Å². The first-order valence-electron chi connectivity index (χ1n) is 11.4. The lowest BCUT2D eigenvalue weighted by atomic mass is 9.96. The van der Waals surface area contributed by atoms with Gasteiger partial charge in [0, 0.05) is 32.7 Å². The summed E-state index contributed by atoms with van der Waals surface area (Å²) in [4.78, 5) is 4.72. The van der Waals surface area contributed by atoms with Crippen LogP contribution in [-0.2, 0) is 10.0 Å². The molecule has 2 aromatic rings. The maximum Gasteiger partial charge on any atom is 0.211 e. The van der Waals surface area contributed by atoms with Crippen LogP contribution in [0.1, 0.15) is 36.4 Å². The number of piperazine rings is 1. The lowest BCUT2D eigenvalue weighted by Crippen LogP contribution is -2.48. The van der Waals surface area contributed by atoms with Crippen LogP contribution in [0.2, 0.25) is 0 Å². The Hall–Kier alpha value is -1.91. The average Bonchev–Trinajstić information content (AvgIpc) is 2.81. The van der Waals surface area contributed by atoms with E-state index in [1.807, 2.05) is 0 Å². The number of sulfonamides is 1. The number of halogens is 2. The SMILES string of the molecule is O=S(=O)(CCCCCN1CCN(C(c2ccc(F)cc2)c2ccc(F)cc2)CC1)NCCO. The Bertz CT molecular complexity index is 902. The molecule has 0 amide bonds. The van der Waals surface area contributed by atoms with Crippen molar-refractivity contribution in [3.8, 4) is 0 Å². The monoisotopic (exact) mass is 481 g/mol. The first kappa shape index (κ1) is 25.7. The van der Waals surface area contributed by atoms with E-state index in [0.29, 0.717) is 6.42 Å². The molecule has 6 nitrogen and oxygen atoms in total. The molecule has 182 valence electrons. The van der Waals surface area contributed by atoms with Crippen LogP contribution in [0.25, 0.3) is 0 Å². The van der Waals surface area contributed by atoms with E-state index in [9.17, 15) is 17.2 Å². The van der Waals surface area contributed by atoms with Crippen LogP contribution in [0, 0.1) is 11.6 Å². The first-order valence-corrected chi connectivity index (χ1v) is 13.1. The van der Waals surface area contributed by atoms with E-state index < -0.39 is 10.0 Å². The largest absolute Gasteiger partial charge is 0.395 e. The summed E-state index contributed by atoms with van der Waals surface area (Å²) in [5, 5.41) is 8.72. The van der Waals surface area contributed by atoms with Crippen molar-refractivity contribution in [2.24, 2.45) is 0 Å². The Balaban J connectivity index is 1.50. The van der Waals surface area contributed by atoms with E-state index in [-0.39, 0.29) is 36.6 Å². The smallest absolute Gasteiger partial charge is 0.211 e. The zero-order valence-electron chi connectivity index (χ0n) is 18.8. The molecule has 0 unspecified atom stereocenters. The highest BCUT2D eigenvalue weighted by Crippen LogP contribution is 2.30. The summed E-state index contributed by atoms with van der Waals surface area (Å²) < 4.78 is 52.8. The summed E-state index contributed by atoms with van der Waals surface area (Å²) in [6.45, 7) is 4.20. The van der Waals surface area contributed by atoms with Crippen LogP contribution in [0.3, 0.4) is 0 Å². The molecule has 0 atom stereocenters. The predicted octanol–water partition coefficient (Wildman–Crippen LogP) is 2.75. The quantitative estimate of drug-likeness (QED) is 0.456. The molecule has 3 rings (SSSR count). The molecule has 0 saturated carbocycles. The molecule has 9 heteroatoms. The van der Waals surface area contributed by atoms with E-state index in [1.54, 1.807) is 24.3 Å². The molecular weight excluding hydrogens is 448 g/mol. The van der Waals surface area contributed by atoms with Crippen molar-refractivity contribution in [3.05, 3.63) is 71.3 Å². The minimum absolute atomic E-state index is 0.0590. The highest BCUT2D eigenvalue weighted by atomic mass is 32.2. The Morgan fingerprint density at radius 3 is 1.91 bits per heavy atom. The highest BCUT2D eigenvalue weighted by Gasteiger charge is 2.26. The summed E-state index contributed by atoms with van der Waals surface area (Å²) in [6, 6.07) is 12.9. The molecule has 0 aromatic heterocycles. The van der Waals surface area contributed by atoms with Gasteiger partial charge in [0.05, 0.1) is 18.4 Å². The van der Waals surface area contributed by atoms with Crippen molar-refractivity contribution in [2.45, 2.75) is 25.3 Å². The van der Waals surface area contributed by atoms with Gasteiger partial charge in [-0.3, -0.25) is 4.90 Å². The molecule has 0 spiro atoms. The summed E-state index contributed by atoms with van der Waals surface area (Å²) in [7, 11) is -3.30. The second kappa shape index (κ2) is 12.5. The first-order chi connectivity index (χ1) is 15.9. The van der Waals surface area contributed by atoms with E-state index in [0.717, 1.165) is 56.7 Å². The predicted molar refractivity (Wildman–Crippen MR) is 125 cm³/mol. The van der Waals surface area contributed by atoms with Crippen LogP contribution in [0.4, 0.5) is 8.78 Å². The topological polar surface area (TPSA) is 72.9 Å². The van der Waals surface area contributed by atoms with E-state index in [1.165, 1.54) is 24.3 Å². The molecular formula is C24H33F2N3O3S. The Labute approximate surface area is 195 Å². The lowest BCUT2D eigenvalue weighted by molar-refractivity contribution is 0.108. The maximum atomic E-state index is 13.5. The number of unbranched alkanes of at least 4 members (excludes halogenated alkanes) is 2. The molecule has 1 aliphatic heterocycles. The molecule has 33 heavy (non-hydrogen) atoms. The second-order valence-electron chi connectivity index (χ2n) is 8.38. The standard InChI is InChI=1S/C24H33F2N3O3S/c25-22-8-4-20(5-9-22)24(21-6-10-23(26)11-7-21)29-16-14-28(15-17-29)13-2-1-3-19-33(31,32)27-12-18-30/h4-11,24,27,30H,1-3,12-19H2. The van der Waals surface area contributed by atoms with Crippen LogP contribution in [0.15, 0.2) is 48.5 Å². The van der Waals surface area contributed by atoms with E-state index in [4.69, 9.17) is 5.11 Å². The molecule has 1 heterocycles. The molecule has 2 N–H and O–H groups in total. The molecule has 0 bridgehead atoms. The maximum absolute atomic E-state index is 13.5. The van der Waals surface area contributed by atoms with Crippen molar-refractivity contribution < 1.29 is 22.3 Å². The molecule has 1 aliphatic rings. The van der Waals surface area contributed by atoms with Gasteiger partial charge in [0.25, 0.3) is 0 Å². The Morgan fingerprint density at radius 2 is 1.39 bits per heavy atom. The number of nitrogens with zero attached hydrogens (tertiary/aromatic N) is 2. The third-order valence-electron chi connectivity index (χ3n) is 5.96. The Morgan fingerprint density at radius 1 is 0.848 bits per heavy atom. The van der Waals surface area contributed by atoms with Crippen molar-refractivity contribution in [2.75, 3.05) is 51.6 Å². The molecule has 0 aliphatic carbocycles. The van der Waals surface area contributed by atoms with Crippen LogP contribution < -0.4 is 4.72 Å². The normalized spacial score (nSPS) is 15.9. The highest BCUT2D eigenvalue weighted by molar-refractivity contribution is 7.89. The van der Waals surface area contributed by atoms with Crippen molar-refractivity contribution in [1.82, 2.24) is 14.5 Å². The zero-order chi connectivity index (χ0) is 23.7. The average molecular weight is 482 g/mol. The van der Waals surface area contributed by atoms with Crippen molar-refractivity contribution >= 4 is 10.0 Å². The number of hydrogen-bond donors (Lipinski definition) is 2. The van der Waals surface area contributed by atoms with Crippen molar-refractivity contribution in [1.29, 1.82) is 0 Å². The molecule has 1 saturated heterocycles. The van der Waals surface area contributed by atoms with Gasteiger partial charge in [-0.2, -0.15) is 0 Å². The zero-order valence-corrected chi connectivity index (χ0v) is 19.6. The Kier molecular flexibility index (Phi) is 9.76. The number of hydrogen-bond acceptors (Lipinski definition) is 5. The van der Waals surface area contributed by atoms with Crippen LogP contribution in [-0.4, -0.2) is 75.0 Å². The summed E-state index contributed by atoms with van der Waals surface area (Å²) in [5.74, 6) is -0.477. The van der Waals surface area contributed by atoms with E-state index in [2.05, 4.69) is 14.5 Å². The van der Waals surface area contributed by atoms with E-state index >= 15 is 0 Å². The molecule has 0 radical (unpaired) electrons. The van der Waals surface area contributed by atoms with Crippen molar-refractivity contribution in [3.63, 3.8) is 0 Å².